The van der Waals surface area contributed by atoms with Gasteiger partial charge >= 0.3 is 0 Å². The number of hydrogen-bond acceptors (Lipinski definition) is 5. The van der Waals surface area contributed by atoms with E-state index in [1.54, 1.807) is 24.3 Å². The van der Waals surface area contributed by atoms with Crippen molar-refractivity contribution in [3.8, 4) is 11.8 Å². The first-order chi connectivity index (χ1) is 12.8. The molecule has 0 radical (unpaired) electrons. The maximum absolute atomic E-state index is 12.1. The Labute approximate surface area is 159 Å². The Morgan fingerprint density at radius 3 is 2.33 bits per heavy atom. The molecule has 0 spiro atoms. The van der Waals surface area contributed by atoms with Crippen LogP contribution >= 0.6 is 0 Å². The highest BCUT2D eigenvalue weighted by Gasteiger charge is 2.17. The van der Waals surface area contributed by atoms with Crippen LogP contribution in [0.2, 0.25) is 0 Å². The van der Waals surface area contributed by atoms with Crippen LogP contribution in [0.5, 0.6) is 5.75 Å². The third-order valence-corrected chi connectivity index (χ3v) is 5.18. The monoisotopic (exact) mass is 386 g/mol. The Balaban J connectivity index is 1.77. The fourth-order valence-electron chi connectivity index (χ4n) is 2.61. The highest BCUT2D eigenvalue weighted by atomic mass is 32.2. The number of benzene rings is 2. The molecule has 1 amide bonds. The minimum atomic E-state index is -3.59. The van der Waals surface area contributed by atoms with E-state index < -0.39 is 21.5 Å². The van der Waals surface area contributed by atoms with Crippen molar-refractivity contribution in [3.05, 3.63) is 64.7 Å². The standard InChI is InChI=1S/C20H22N2O4S/c1-15-9-16(2)11-19(10-15)26-8-7-22-20(23)14-27(24,25)13-18-5-3-17(12-21)4-6-18/h3-6,9-11H,7-8,13-14H2,1-2H3,(H,22,23). The second-order valence-corrected chi connectivity index (χ2v) is 8.43. The van der Waals surface area contributed by atoms with Crippen molar-refractivity contribution < 1.29 is 17.9 Å². The van der Waals surface area contributed by atoms with E-state index in [2.05, 4.69) is 5.32 Å². The Kier molecular flexibility index (Phi) is 6.97. The number of aryl methyl sites for hydroxylation is 2. The molecule has 0 saturated carbocycles. The van der Waals surface area contributed by atoms with Crippen molar-refractivity contribution in [2.75, 3.05) is 18.9 Å². The topological polar surface area (TPSA) is 96.3 Å². The van der Waals surface area contributed by atoms with Crippen molar-refractivity contribution in [1.29, 1.82) is 5.26 Å². The second kappa shape index (κ2) is 9.19. The van der Waals surface area contributed by atoms with Gasteiger partial charge in [0.05, 0.1) is 23.9 Å². The van der Waals surface area contributed by atoms with Crippen LogP contribution in [0.25, 0.3) is 0 Å². The van der Waals surface area contributed by atoms with Crippen molar-refractivity contribution in [2.24, 2.45) is 0 Å². The lowest BCUT2D eigenvalue weighted by atomic mass is 10.1. The van der Waals surface area contributed by atoms with Gasteiger partial charge in [0.15, 0.2) is 9.84 Å². The van der Waals surface area contributed by atoms with Crippen LogP contribution in [0, 0.1) is 25.2 Å². The molecular formula is C20H22N2O4S. The molecule has 6 nitrogen and oxygen atoms in total. The maximum atomic E-state index is 12.1. The molecule has 0 atom stereocenters. The zero-order valence-electron chi connectivity index (χ0n) is 15.4. The first kappa shape index (κ1) is 20.5. The molecule has 2 aromatic rings. The molecule has 0 saturated heterocycles. The van der Waals surface area contributed by atoms with Gasteiger partial charge in [0.25, 0.3) is 0 Å². The molecule has 0 aromatic heterocycles. The number of nitrogens with one attached hydrogen (secondary N) is 1. The lowest BCUT2D eigenvalue weighted by Gasteiger charge is -2.10. The highest BCUT2D eigenvalue weighted by molar-refractivity contribution is 7.91. The van der Waals surface area contributed by atoms with E-state index in [1.165, 1.54) is 0 Å². The number of hydrogen-bond donors (Lipinski definition) is 1. The van der Waals surface area contributed by atoms with E-state index in [-0.39, 0.29) is 18.9 Å². The van der Waals surface area contributed by atoms with Crippen molar-refractivity contribution in [1.82, 2.24) is 5.32 Å². The number of nitriles is 1. The van der Waals surface area contributed by atoms with Gasteiger partial charge in [0.1, 0.15) is 18.1 Å². The molecule has 0 fully saturated rings. The molecule has 0 bridgehead atoms. The van der Waals surface area contributed by atoms with Crippen molar-refractivity contribution in [2.45, 2.75) is 19.6 Å². The summed E-state index contributed by atoms with van der Waals surface area (Å²) < 4.78 is 29.8. The van der Waals surface area contributed by atoms with Gasteiger partial charge in [-0.1, -0.05) is 18.2 Å². The first-order valence-electron chi connectivity index (χ1n) is 8.45. The fraction of sp³-hybridized carbons (Fsp3) is 0.300. The van der Waals surface area contributed by atoms with E-state index in [4.69, 9.17) is 10.00 Å². The summed E-state index contributed by atoms with van der Waals surface area (Å²) in [5.41, 5.74) is 3.17. The summed E-state index contributed by atoms with van der Waals surface area (Å²) in [7, 11) is -3.59. The predicted molar refractivity (Wildman–Crippen MR) is 103 cm³/mol. The number of rotatable bonds is 8. The van der Waals surface area contributed by atoms with E-state index in [9.17, 15) is 13.2 Å². The van der Waals surface area contributed by atoms with Crippen LogP contribution in [0.3, 0.4) is 0 Å². The van der Waals surface area contributed by atoms with Gasteiger partial charge in [0.2, 0.25) is 5.91 Å². The quantitative estimate of drug-likeness (QED) is 0.702. The highest BCUT2D eigenvalue weighted by Crippen LogP contribution is 2.15. The van der Waals surface area contributed by atoms with Crippen molar-refractivity contribution in [3.63, 3.8) is 0 Å². The van der Waals surface area contributed by atoms with Gasteiger partial charge in [-0.15, -0.1) is 0 Å². The molecule has 1 N–H and O–H groups in total. The Morgan fingerprint density at radius 2 is 1.74 bits per heavy atom. The van der Waals surface area contributed by atoms with Crippen LogP contribution < -0.4 is 10.1 Å². The minimum Gasteiger partial charge on any atom is -0.492 e. The first-order valence-corrected chi connectivity index (χ1v) is 10.3. The van der Waals surface area contributed by atoms with Crippen LogP contribution in [-0.2, 0) is 20.4 Å². The van der Waals surface area contributed by atoms with Crippen LogP contribution in [0.4, 0.5) is 0 Å². The lowest BCUT2D eigenvalue weighted by molar-refractivity contribution is -0.118. The molecule has 27 heavy (non-hydrogen) atoms. The molecule has 2 aromatic carbocycles. The Bertz CT molecular complexity index is 925. The molecule has 0 aliphatic heterocycles. The molecule has 7 heteroatoms. The average molecular weight is 386 g/mol. The van der Waals surface area contributed by atoms with Gasteiger partial charge in [-0.25, -0.2) is 8.42 Å². The van der Waals surface area contributed by atoms with Crippen LogP contribution in [-0.4, -0.2) is 33.2 Å². The van der Waals surface area contributed by atoms with E-state index in [1.807, 2.05) is 38.1 Å². The van der Waals surface area contributed by atoms with E-state index in [0.717, 1.165) is 16.9 Å². The Morgan fingerprint density at radius 1 is 1.11 bits per heavy atom. The summed E-state index contributed by atoms with van der Waals surface area (Å²) in [6, 6.07) is 14.1. The third kappa shape index (κ3) is 7.12. The van der Waals surface area contributed by atoms with Crippen molar-refractivity contribution >= 4 is 15.7 Å². The number of nitrogens with zero attached hydrogens (tertiary/aromatic N) is 1. The molecule has 2 rings (SSSR count). The minimum absolute atomic E-state index is 0.220. The summed E-state index contributed by atoms with van der Waals surface area (Å²) in [5.74, 6) is -0.676. The SMILES string of the molecule is Cc1cc(C)cc(OCCNC(=O)CS(=O)(=O)Cc2ccc(C#N)cc2)c1. The number of sulfone groups is 1. The summed E-state index contributed by atoms with van der Waals surface area (Å²) in [5, 5.41) is 11.3. The molecule has 0 aliphatic rings. The third-order valence-electron chi connectivity index (χ3n) is 3.71. The second-order valence-electron chi connectivity index (χ2n) is 6.36. The normalized spacial score (nSPS) is 10.9. The number of ether oxygens (including phenoxy) is 1. The predicted octanol–water partition coefficient (Wildman–Crippen LogP) is 2.29. The Hall–Kier alpha value is -2.85. The summed E-state index contributed by atoms with van der Waals surface area (Å²) >= 11 is 0. The van der Waals surface area contributed by atoms with Gasteiger partial charge < -0.3 is 10.1 Å². The molecule has 0 heterocycles. The lowest BCUT2D eigenvalue weighted by Crippen LogP contribution is -2.33. The molecule has 142 valence electrons. The molecular weight excluding hydrogens is 364 g/mol. The average Bonchev–Trinajstić information content (AvgIpc) is 2.58. The smallest absolute Gasteiger partial charge is 0.235 e. The number of carbonyl (C=O) groups is 1. The number of amides is 1. The summed E-state index contributed by atoms with van der Waals surface area (Å²) in [6.07, 6.45) is 0. The molecule has 0 aliphatic carbocycles. The van der Waals surface area contributed by atoms with E-state index in [0.29, 0.717) is 11.1 Å². The van der Waals surface area contributed by atoms with Gasteiger partial charge in [0, 0.05) is 0 Å². The number of carbonyl (C=O) groups excluding carboxylic acids is 1. The summed E-state index contributed by atoms with van der Waals surface area (Å²) in [4.78, 5) is 11.9. The fourth-order valence-corrected chi connectivity index (χ4v) is 3.91. The summed E-state index contributed by atoms with van der Waals surface area (Å²) in [6.45, 7) is 4.42. The van der Waals surface area contributed by atoms with Gasteiger partial charge in [-0.3, -0.25) is 4.79 Å². The van der Waals surface area contributed by atoms with Gasteiger partial charge in [-0.05, 0) is 54.8 Å². The molecule has 0 unspecified atom stereocenters. The zero-order chi connectivity index (χ0) is 19.9. The van der Waals surface area contributed by atoms with Crippen LogP contribution in [0.1, 0.15) is 22.3 Å². The van der Waals surface area contributed by atoms with E-state index >= 15 is 0 Å². The van der Waals surface area contributed by atoms with Gasteiger partial charge in [-0.2, -0.15) is 5.26 Å². The largest absolute Gasteiger partial charge is 0.492 e. The maximum Gasteiger partial charge on any atom is 0.235 e. The van der Waals surface area contributed by atoms with Crippen LogP contribution in [0.15, 0.2) is 42.5 Å². The zero-order valence-corrected chi connectivity index (χ0v) is 16.2.